The maximum atomic E-state index is 12.7. The van der Waals surface area contributed by atoms with Crippen molar-refractivity contribution in [2.24, 2.45) is 7.05 Å². The highest BCUT2D eigenvalue weighted by Crippen LogP contribution is 2.23. The second-order valence-electron chi connectivity index (χ2n) is 5.77. The Kier molecular flexibility index (Phi) is 4.18. The minimum absolute atomic E-state index is 0.00652. The molecule has 24 heavy (non-hydrogen) atoms. The van der Waals surface area contributed by atoms with Gasteiger partial charge in [0.15, 0.2) is 5.76 Å². The lowest BCUT2D eigenvalue weighted by molar-refractivity contribution is -0.121. The molecule has 1 aliphatic heterocycles. The van der Waals surface area contributed by atoms with E-state index < -0.39 is 16.1 Å². The van der Waals surface area contributed by atoms with Crippen LogP contribution in [0.3, 0.4) is 0 Å². The number of carbonyl (C=O) groups is 1. The lowest BCUT2D eigenvalue weighted by Crippen LogP contribution is -2.52. The molecule has 0 aromatic carbocycles. The van der Waals surface area contributed by atoms with Crippen LogP contribution < -0.4 is 9.62 Å². The van der Waals surface area contributed by atoms with E-state index in [1.165, 1.54) is 6.92 Å². The molecule has 9 nitrogen and oxygen atoms in total. The fourth-order valence-electron chi connectivity index (χ4n) is 2.95. The molecule has 1 aliphatic rings. The highest BCUT2D eigenvalue weighted by molar-refractivity contribution is 7.89. The fraction of sp³-hybridized carbons (Fsp3) is 0.500. The number of amides is 1. The molecule has 10 heteroatoms. The smallest absolute Gasteiger partial charge is 0.246 e. The third-order valence-electron chi connectivity index (χ3n) is 4.04. The molecule has 1 fully saturated rings. The van der Waals surface area contributed by atoms with Gasteiger partial charge in [0.25, 0.3) is 0 Å². The number of nitrogens with one attached hydrogen (secondary N) is 1. The highest BCUT2D eigenvalue weighted by atomic mass is 32.2. The van der Waals surface area contributed by atoms with E-state index in [9.17, 15) is 13.2 Å². The molecular weight excluding hydrogens is 334 g/mol. The predicted molar refractivity (Wildman–Crippen MR) is 84.9 cm³/mol. The maximum absolute atomic E-state index is 12.7. The molecule has 1 atom stereocenters. The van der Waals surface area contributed by atoms with Crippen LogP contribution >= 0.6 is 0 Å². The first-order valence-electron chi connectivity index (χ1n) is 7.56. The topological polar surface area (TPSA) is 110 Å². The lowest BCUT2D eigenvalue weighted by atomic mass is 10.1. The van der Waals surface area contributed by atoms with Gasteiger partial charge in [-0.3, -0.25) is 14.4 Å². The molecule has 0 spiro atoms. The lowest BCUT2D eigenvalue weighted by Gasteiger charge is -2.32. The van der Waals surface area contributed by atoms with E-state index in [-0.39, 0.29) is 22.3 Å². The second-order valence-corrected chi connectivity index (χ2v) is 7.42. The third-order valence-corrected chi connectivity index (χ3v) is 5.76. The Labute approximate surface area is 139 Å². The minimum Gasteiger partial charge on any atom is -0.360 e. The molecule has 0 radical (unpaired) electrons. The summed E-state index contributed by atoms with van der Waals surface area (Å²) >= 11 is 0. The van der Waals surface area contributed by atoms with Gasteiger partial charge in [-0.05, 0) is 26.7 Å². The summed E-state index contributed by atoms with van der Waals surface area (Å²) in [5, 5.41) is 7.71. The zero-order valence-electron chi connectivity index (χ0n) is 13.7. The number of piperidine rings is 1. The molecule has 130 valence electrons. The first-order valence-corrected chi connectivity index (χ1v) is 9.04. The Hall–Kier alpha value is -2.20. The summed E-state index contributed by atoms with van der Waals surface area (Å²) in [6, 6.07) is 0.899. The standard InChI is InChI=1S/C14H19N5O4S/c1-9-13(10(2)23-16-9)24(21,22)17-11-5-4-8-19(14(11)20)12-6-7-15-18(12)3/h6-7,11,17H,4-5,8H2,1-3H3/t11-/m0/s1. The Morgan fingerprint density at radius 3 is 2.71 bits per heavy atom. The largest absolute Gasteiger partial charge is 0.360 e. The van der Waals surface area contributed by atoms with E-state index in [4.69, 9.17) is 4.52 Å². The van der Waals surface area contributed by atoms with Crippen LogP contribution in [-0.2, 0) is 21.9 Å². The number of hydrogen-bond acceptors (Lipinski definition) is 6. The molecule has 1 N–H and O–H groups in total. The van der Waals surface area contributed by atoms with Gasteiger partial charge in [0.2, 0.25) is 15.9 Å². The van der Waals surface area contributed by atoms with Crippen LogP contribution in [0, 0.1) is 13.8 Å². The van der Waals surface area contributed by atoms with Crippen molar-refractivity contribution < 1.29 is 17.7 Å². The van der Waals surface area contributed by atoms with E-state index in [1.54, 1.807) is 35.8 Å². The van der Waals surface area contributed by atoms with Crippen LogP contribution in [0.1, 0.15) is 24.3 Å². The van der Waals surface area contributed by atoms with E-state index >= 15 is 0 Å². The third kappa shape index (κ3) is 2.82. The van der Waals surface area contributed by atoms with E-state index in [2.05, 4.69) is 15.0 Å². The average Bonchev–Trinajstić information content (AvgIpc) is 3.07. The van der Waals surface area contributed by atoms with Crippen molar-refractivity contribution in [3.8, 4) is 0 Å². The zero-order chi connectivity index (χ0) is 17.5. The summed E-state index contributed by atoms with van der Waals surface area (Å²) in [4.78, 5) is 14.3. The molecule has 1 amide bonds. The van der Waals surface area contributed by atoms with Crippen LogP contribution in [0.2, 0.25) is 0 Å². The van der Waals surface area contributed by atoms with E-state index in [0.717, 1.165) is 0 Å². The zero-order valence-corrected chi connectivity index (χ0v) is 14.5. The van der Waals surface area contributed by atoms with Crippen molar-refractivity contribution >= 4 is 21.7 Å². The van der Waals surface area contributed by atoms with E-state index in [0.29, 0.717) is 25.2 Å². The minimum atomic E-state index is -3.89. The van der Waals surface area contributed by atoms with Gasteiger partial charge in [-0.25, -0.2) is 8.42 Å². The number of aromatic nitrogens is 3. The molecule has 2 aromatic heterocycles. The highest BCUT2D eigenvalue weighted by Gasteiger charge is 2.35. The average molecular weight is 353 g/mol. The molecule has 0 bridgehead atoms. The predicted octanol–water partition coefficient (Wildman–Crippen LogP) is 0.499. The van der Waals surface area contributed by atoms with Crippen LogP contribution in [-0.4, -0.2) is 41.8 Å². The number of rotatable bonds is 4. The van der Waals surface area contributed by atoms with Gasteiger partial charge in [0.05, 0.1) is 6.20 Å². The number of aryl methyl sites for hydroxylation is 3. The van der Waals surface area contributed by atoms with Gasteiger partial charge in [0, 0.05) is 19.7 Å². The Morgan fingerprint density at radius 2 is 2.12 bits per heavy atom. The Balaban J connectivity index is 1.85. The monoisotopic (exact) mass is 353 g/mol. The maximum Gasteiger partial charge on any atom is 0.246 e. The van der Waals surface area contributed by atoms with Crippen molar-refractivity contribution in [2.45, 2.75) is 37.6 Å². The number of anilines is 1. The summed E-state index contributed by atoms with van der Waals surface area (Å²) in [5.41, 5.74) is 0.270. The van der Waals surface area contributed by atoms with E-state index in [1.807, 2.05) is 0 Å². The quantitative estimate of drug-likeness (QED) is 0.857. The summed E-state index contributed by atoms with van der Waals surface area (Å²) in [6.07, 6.45) is 2.72. The normalized spacial score (nSPS) is 19.0. The Morgan fingerprint density at radius 1 is 1.38 bits per heavy atom. The molecule has 0 aliphatic carbocycles. The number of hydrogen-bond donors (Lipinski definition) is 1. The van der Waals surface area contributed by atoms with Gasteiger partial charge in [-0.2, -0.15) is 9.82 Å². The van der Waals surface area contributed by atoms with Gasteiger partial charge in [-0.15, -0.1) is 0 Å². The SMILES string of the molecule is Cc1noc(C)c1S(=O)(=O)N[C@H]1CCCN(c2ccnn2C)C1=O. The molecular formula is C14H19N5O4S. The summed E-state index contributed by atoms with van der Waals surface area (Å²) in [6.45, 7) is 3.61. The van der Waals surface area contributed by atoms with Gasteiger partial charge in [-0.1, -0.05) is 5.16 Å². The Bertz CT molecular complexity index is 850. The van der Waals surface area contributed by atoms with Crippen LogP contribution in [0.4, 0.5) is 5.82 Å². The molecule has 3 heterocycles. The second kappa shape index (κ2) is 6.02. The van der Waals surface area contributed by atoms with Crippen LogP contribution in [0.5, 0.6) is 0 Å². The van der Waals surface area contributed by atoms with Gasteiger partial charge < -0.3 is 4.52 Å². The molecule has 1 saturated heterocycles. The van der Waals surface area contributed by atoms with Crippen molar-refractivity contribution in [1.29, 1.82) is 0 Å². The van der Waals surface area contributed by atoms with Crippen molar-refractivity contribution in [1.82, 2.24) is 19.7 Å². The molecule has 3 rings (SSSR count). The number of sulfonamides is 1. The number of carbonyl (C=O) groups excluding carboxylic acids is 1. The fourth-order valence-corrected chi connectivity index (χ4v) is 4.50. The van der Waals surface area contributed by atoms with Crippen LogP contribution in [0.25, 0.3) is 0 Å². The van der Waals surface area contributed by atoms with Gasteiger partial charge >= 0.3 is 0 Å². The summed E-state index contributed by atoms with van der Waals surface area (Å²) < 4.78 is 34.2. The number of nitrogens with zero attached hydrogens (tertiary/aromatic N) is 4. The molecule has 0 saturated carbocycles. The van der Waals surface area contributed by atoms with Gasteiger partial charge in [0.1, 0.15) is 22.4 Å². The summed E-state index contributed by atoms with van der Waals surface area (Å²) in [5.74, 6) is 0.549. The first-order chi connectivity index (χ1) is 11.3. The first kappa shape index (κ1) is 16.7. The molecule has 0 unspecified atom stereocenters. The van der Waals surface area contributed by atoms with Crippen molar-refractivity contribution in [2.75, 3.05) is 11.4 Å². The van der Waals surface area contributed by atoms with Crippen molar-refractivity contribution in [3.63, 3.8) is 0 Å². The summed E-state index contributed by atoms with van der Waals surface area (Å²) in [7, 11) is -2.15. The molecule has 2 aromatic rings. The van der Waals surface area contributed by atoms with Crippen molar-refractivity contribution in [3.05, 3.63) is 23.7 Å². The van der Waals surface area contributed by atoms with Crippen LogP contribution in [0.15, 0.2) is 21.7 Å².